The molecule has 0 saturated heterocycles. The van der Waals surface area contributed by atoms with E-state index in [9.17, 15) is 29.3 Å². The Bertz CT molecular complexity index is 1170. The summed E-state index contributed by atoms with van der Waals surface area (Å²) in [6.07, 6.45) is 1.87. The summed E-state index contributed by atoms with van der Waals surface area (Å²) in [7, 11) is 0. The van der Waals surface area contributed by atoms with Gasteiger partial charge in [0.1, 0.15) is 17.0 Å². The van der Waals surface area contributed by atoms with E-state index in [1.54, 1.807) is 32.0 Å². The number of fused-ring (bicyclic) bond motifs is 1. The molecule has 2 aromatic heterocycles. The van der Waals surface area contributed by atoms with E-state index in [-0.39, 0.29) is 35.6 Å². The van der Waals surface area contributed by atoms with Crippen LogP contribution in [0.2, 0.25) is 0 Å². The lowest BCUT2D eigenvalue weighted by atomic mass is 10.0. The summed E-state index contributed by atoms with van der Waals surface area (Å²) >= 11 is 0. The quantitative estimate of drug-likeness (QED) is 0.343. The molecule has 0 aliphatic heterocycles. The molecule has 5 N–H and O–H groups in total. The molecule has 3 aromatic rings. The van der Waals surface area contributed by atoms with Gasteiger partial charge in [0.05, 0.1) is 13.2 Å². The third-order valence-corrected chi connectivity index (χ3v) is 4.93. The second kappa shape index (κ2) is 10.3. The number of aromatic nitrogens is 2. The van der Waals surface area contributed by atoms with Crippen molar-refractivity contribution in [3.05, 3.63) is 64.9 Å². The van der Waals surface area contributed by atoms with Gasteiger partial charge in [-0.05, 0) is 49.6 Å². The number of aliphatic hydroxyl groups excluding tert-OH is 2. The highest BCUT2D eigenvalue weighted by molar-refractivity contribution is 6.09. The maximum Gasteiger partial charge on any atom is 0.274 e. The van der Waals surface area contributed by atoms with Crippen molar-refractivity contribution in [3.63, 3.8) is 0 Å². The van der Waals surface area contributed by atoms with Gasteiger partial charge in [-0.1, -0.05) is 12.1 Å². The van der Waals surface area contributed by atoms with Crippen LogP contribution in [0.4, 0.5) is 4.39 Å². The van der Waals surface area contributed by atoms with Crippen molar-refractivity contribution in [2.45, 2.75) is 32.4 Å². The number of hydrogen-bond donors (Lipinski definition) is 5. The number of nitrogens with zero attached hydrogens (tertiary/aromatic N) is 2. The predicted molar refractivity (Wildman–Crippen MR) is 118 cm³/mol. The molecule has 2 heterocycles. The summed E-state index contributed by atoms with van der Waals surface area (Å²) in [5.74, 6) is -2.31. The third-order valence-electron chi connectivity index (χ3n) is 4.93. The SMILES string of the molecule is CC(CO)NC(=O)c1nc(C(=O)NC(C)CO)c2cc(Cc3ccc(F)cc3)cnc2c1O. The van der Waals surface area contributed by atoms with Gasteiger partial charge in [-0.2, -0.15) is 0 Å². The summed E-state index contributed by atoms with van der Waals surface area (Å²) in [5, 5.41) is 34.4. The molecule has 10 heteroatoms. The number of pyridine rings is 2. The molecule has 3 rings (SSSR count). The Hall–Kier alpha value is -3.63. The smallest absolute Gasteiger partial charge is 0.274 e. The summed E-state index contributed by atoms with van der Waals surface area (Å²) in [5.41, 5.74) is 0.910. The van der Waals surface area contributed by atoms with Crippen molar-refractivity contribution >= 4 is 22.7 Å². The van der Waals surface area contributed by atoms with Crippen LogP contribution >= 0.6 is 0 Å². The number of benzene rings is 1. The molecule has 0 aliphatic carbocycles. The lowest BCUT2D eigenvalue weighted by Crippen LogP contribution is -2.37. The topological polar surface area (TPSA) is 145 Å². The van der Waals surface area contributed by atoms with Gasteiger partial charge in [-0.25, -0.2) is 9.37 Å². The molecule has 0 bridgehead atoms. The molecule has 0 spiro atoms. The maximum atomic E-state index is 13.2. The normalized spacial score (nSPS) is 12.9. The number of hydrogen-bond acceptors (Lipinski definition) is 7. The number of rotatable bonds is 8. The molecule has 174 valence electrons. The van der Waals surface area contributed by atoms with Crippen LogP contribution < -0.4 is 10.6 Å². The van der Waals surface area contributed by atoms with Gasteiger partial charge >= 0.3 is 0 Å². The standard InChI is InChI=1S/C23H25FN4O5/c1-12(10-29)26-22(32)19-17-8-15(7-14-3-5-16(24)6-4-14)9-25-18(17)21(31)20(28-19)23(33)27-13(2)11-30/h3-6,8-9,12-13,29-31H,7,10-11H2,1-2H3,(H,26,32)(H,27,33). The van der Waals surface area contributed by atoms with E-state index >= 15 is 0 Å². The fourth-order valence-electron chi connectivity index (χ4n) is 3.16. The van der Waals surface area contributed by atoms with E-state index in [0.717, 1.165) is 5.56 Å². The Balaban J connectivity index is 2.10. The molecular formula is C23H25FN4O5. The minimum absolute atomic E-state index is 0.00328. The zero-order valence-electron chi connectivity index (χ0n) is 18.2. The number of halogens is 1. The Labute approximate surface area is 189 Å². The van der Waals surface area contributed by atoms with Crippen LogP contribution in [-0.4, -0.2) is 62.4 Å². The average Bonchev–Trinajstić information content (AvgIpc) is 2.80. The minimum atomic E-state index is -0.780. The van der Waals surface area contributed by atoms with Crippen molar-refractivity contribution in [1.29, 1.82) is 0 Å². The van der Waals surface area contributed by atoms with Crippen LogP contribution in [0.5, 0.6) is 5.75 Å². The van der Waals surface area contributed by atoms with Crippen LogP contribution in [-0.2, 0) is 6.42 Å². The highest BCUT2D eigenvalue weighted by Crippen LogP contribution is 2.29. The van der Waals surface area contributed by atoms with Crippen LogP contribution in [0.3, 0.4) is 0 Å². The number of nitrogens with one attached hydrogen (secondary N) is 2. The predicted octanol–water partition coefficient (Wildman–Crippen LogP) is 1.29. The lowest BCUT2D eigenvalue weighted by molar-refractivity contribution is 0.0911. The first-order chi connectivity index (χ1) is 15.7. The molecule has 0 radical (unpaired) electrons. The fraction of sp³-hybridized carbons (Fsp3) is 0.304. The van der Waals surface area contributed by atoms with Gasteiger partial charge < -0.3 is 26.0 Å². The number of aliphatic hydroxyl groups is 2. The average molecular weight is 456 g/mol. The number of amides is 2. The van der Waals surface area contributed by atoms with Crippen LogP contribution in [0, 0.1) is 5.82 Å². The lowest BCUT2D eigenvalue weighted by Gasteiger charge is -2.16. The largest absolute Gasteiger partial charge is 0.504 e. The second-order valence-electron chi connectivity index (χ2n) is 7.81. The highest BCUT2D eigenvalue weighted by atomic mass is 19.1. The zero-order valence-corrected chi connectivity index (χ0v) is 18.2. The number of carbonyl (C=O) groups is 2. The van der Waals surface area contributed by atoms with E-state index in [2.05, 4.69) is 20.6 Å². The Morgan fingerprint density at radius 1 is 0.970 bits per heavy atom. The molecule has 2 unspecified atom stereocenters. The molecular weight excluding hydrogens is 431 g/mol. The Morgan fingerprint density at radius 2 is 1.55 bits per heavy atom. The van der Waals surface area contributed by atoms with Gasteiger partial charge in [0, 0.05) is 23.7 Å². The third kappa shape index (κ3) is 5.60. The second-order valence-corrected chi connectivity index (χ2v) is 7.81. The summed E-state index contributed by atoms with van der Waals surface area (Å²) < 4.78 is 13.2. The van der Waals surface area contributed by atoms with E-state index < -0.39 is 35.3 Å². The first kappa shape index (κ1) is 24.0. The van der Waals surface area contributed by atoms with Gasteiger partial charge in [0.25, 0.3) is 11.8 Å². The van der Waals surface area contributed by atoms with Crippen molar-refractivity contribution in [2.24, 2.45) is 0 Å². The van der Waals surface area contributed by atoms with Gasteiger partial charge in [-0.3, -0.25) is 14.6 Å². The van der Waals surface area contributed by atoms with Gasteiger partial charge in [0.15, 0.2) is 11.4 Å². The fourth-order valence-corrected chi connectivity index (χ4v) is 3.16. The van der Waals surface area contributed by atoms with Crippen LogP contribution in [0.1, 0.15) is 46.0 Å². The van der Waals surface area contributed by atoms with Crippen LogP contribution in [0.25, 0.3) is 10.9 Å². The summed E-state index contributed by atoms with van der Waals surface area (Å²) in [6, 6.07) is 6.37. The monoisotopic (exact) mass is 456 g/mol. The molecule has 9 nitrogen and oxygen atoms in total. The molecule has 0 saturated carbocycles. The van der Waals surface area contributed by atoms with Crippen molar-refractivity contribution in [2.75, 3.05) is 13.2 Å². The van der Waals surface area contributed by atoms with Crippen molar-refractivity contribution < 1.29 is 29.3 Å². The highest BCUT2D eigenvalue weighted by Gasteiger charge is 2.25. The first-order valence-electron chi connectivity index (χ1n) is 10.3. The Morgan fingerprint density at radius 3 is 2.12 bits per heavy atom. The number of aromatic hydroxyl groups is 1. The minimum Gasteiger partial charge on any atom is -0.504 e. The van der Waals surface area contributed by atoms with E-state index in [1.807, 2.05) is 0 Å². The summed E-state index contributed by atoms with van der Waals surface area (Å²) in [6.45, 7) is 2.52. The molecule has 2 atom stereocenters. The van der Waals surface area contributed by atoms with Crippen molar-refractivity contribution in [1.82, 2.24) is 20.6 Å². The molecule has 33 heavy (non-hydrogen) atoms. The molecule has 2 amide bonds. The van der Waals surface area contributed by atoms with Crippen molar-refractivity contribution in [3.8, 4) is 5.75 Å². The molecule has 0 aliphatic rings. The molecule has 1 aromatic carbocycles. The van der Waals surface area contributed by atoms with Gasteiger partial charge in [-0.15, -0.1) is 0 Å². The first-order valence-corrected chi connectivity index (χ1v) is 10.3. The van der Waals surface area contributed by atoms with Gasteiger partial charge in [0.2, 0.25) is 0 Å². The zero-order chi connectivity index (χ0) is 24.1. The summed E-state index contributed by atoms with van der Waals surface area (Å²) in [4.78, 5) is 33.8. The van der Waals surface area contributed by atoms with Crippen LogP contribution in [0.15, 0.2) is 36.5 Å². The maximum absolute atomic E-state index is 13.2. The molecule has 0 fully saturated rings. The van der Waals surface area contributed by atoms with E-state index in [4.69, 9.17) is 0 Å². The Kier molecular flexibility index (Phi) is 7.52. The number of carbonyl (C=O) groups excluding carboxylic acids is 2. The van der Waals surface area contributed by atoms with E-state index in [0.29, 0.717) is 12.0 Å². The van der Waals surface area contributed by atoms with E-state index in [1.165, 1.54) is 18.3 Å².